The summed E-state index contributed by atoms with van der Waals surface area (Å²) in [5, 5.41) is 2.83. The molecule has 0 aliphatic heterocycles. The van der Waals surface area contributed by atoms with E-state index in [0.717, 1.165) is 12.0 Å². The van der Waals surface area contributed by atoms with Crippen LogP contribution in [0.5, 0.6) is 0 Å². The summed E-state index contributed by atoms with van der Waals surface area (Å²) in [6.45, 7) is 6.16. The van der Waals surface area contributed by atoms with Gasteiger partial charge in [0.15, 0.2) is 6.10 Å². The molecule has 0 aliphatic rings. The van der Waals surface area contributed by atoms with Crippen LogP contribution in [0.15, 0.2) is 30.3 Å². The molecule has 0 aliphatic carbocycles. The molecule has 0 saturated heterocycles. The molecule has 1 aromatic rings. The van der Waals surface area contributed by atoms with Gasteiger partial charge in [0.1, 0.15) is 6.61 Å². The van der Waals surface area contributed by atoms with Crippen LogP contribution in [0, 0.1) is 5.92 Å². The van der Waals surface area contributed by atoms with Crippen LogP contribution in [0.4, 0.5) is 4.79 Å². The zero-order valence-electron chi connectivity index (χ0n) is 14.8. The van der Waals surface area contributed by atoms with Gasteiger partial charge < -0.3 is 19.5 Å². The van der Waals surface area contributed by atoms with E-state index in [1.165, 1.54) is 6.92 Å². The molecule has 0 heterocycles. The highest BCUT2D eigenvalue weighted by atomic mass is 16.7. The van der Waals surface area contributed by atoms with Crippen LogP contribution in [0.2, 0.25) is 0 Å². The summed E-state index contributed by atoms with van der Waals surface area (Å²) in [5.74, 6) is 0.0480. The Balaban J connectivity index is 2.40. The molecule has 0 saturated carbocycles. The summed E-state index contributed by atoms with van der Waals surface area (Å²) in [5.41, 5.74) is 0.851. The molecule has 1 amide bonds. The molecule has 6 nitrogen and oxygen atoms in total. The number of methoxy groups -OCH3 is 1. The van der Waals surface area contributed by atoms with E-state index < -0.39 is 12.3 Å². The van der Waals surface area contributed by atoms with E-state index in [4.69, 9.17) is 14.2 Å². The van der Waals surface area contributed by atoms with Gasteiger partial charge in [0.2, 0.25) is 0 Å². The van der Waals surface area contributed by atoms with Gasteiger partial charge in [0.05, 0.1) is 12.6 Å². The molecule has 2 unspecified atom stereocenters. The van der Waals surface area contributed by atoms with Crippen molar-refractivity contribution in [2.75, 3.05) is 13.7 Å². The summed E-state index contributed by atoms with van der Waals surface area (Å²) in [6, 6.07) is 9.14. The van der Waals surface area contributed by atoms with Gasteiger partial charge in [-0.2, -0.15) is 0 Å². The number of hydrogen-bond donors (Lipinski definition) is 1. The van der Waals surface area contributed by atoms with Gasteiger partial charge in [0, 0.05) is 7.11 Å². The first-order valence-corrected chi connectivity index (χ1v) is 8.09. The Hall–Kier alpha value is -2.08. The summed E-state index contributed by atoms with van der Waals surface area (Å²) in [7, 11) is 1.58. The molecule has 24 heavy (non-hydrogen) atoms. The highest BCUT2D eigenvalue weighted by Gasteiger charge is 2.22. The Labute approximate surface area is 143 Å². The number of carbonyl (C=O) groups excluding carboxylic acids is 2. The van der Waals surface area contributed by atoms with Crippen LogP contribution in [0.25, 0.3) is 0 Å². The first-order valence-electron chi connectivity index (χ1n) is 8.09. The highest BCUT2D eigenvalue weighted by Crippen LogP contribution is 2.07. The summed E-state index contributed by atoms with van der Waals surface area (Å²) in [6.07, 6.45) is -1.02. The molecule has 2 atom stereocenters. The van der Waals surface area contributed by atoms with Crippen LogP contribution in [-0.4, -0.2) is 37.9 Å². The largest absolute Gasteiger partial charge is 0.509 e. The van der Waals surface area contributed by atoms with Gasteiger partial charge in [-0.15, -0.1) is 0 Å². The third-order valence-corrected chi connectivity index (χ3v) is 3.31. The molecule has 6 heteroatoms. The lowest BCUT2D eigenvalue weighted by Gasteiger charge is -2.22. The van der Waals surface area contributed by atoms with Crippen molar-refractivity contribution in [2.24, 2.45) is 5.92 Å². The van der Waals surface area contributed by atoms with Crippen LogP contribution >= 0.6 is 0 Å². The van der Waals surface area contributed by atoms with Crippen molar-refractivity contribution in [1.29, 1.82) is 0 Å². The average Bonchev–Trinajstić information content (AvgIpc) is 2.53. The number of ether oxygens (including phenoxy) is 3. The van der Waals surface area contributed by atoms with Crippen molar-refractivity contribution >= 4 is 12.1 Å². The second-order valence-electron chi connectivity index (χ2n) is 6.07. The smallest absolute Gasteiger partial charge is 0.429 e. The molecular formula is C18H27NO5. The quantitative estimate of drug-likeness (QED) is 0.701. The number of amides is 1. The predicted molar refractivity (Wildman–Crippen MR) is 90.4 cm³/mol. The van der Waals surface area contributed by atoms with Crippen LogP contribution in [0.3, 0.4) is 0 Å². The average molecular weight is 337 g/mol. The zero-order chi connectivity index (χ0) is 17.9. The lowest BCUT2D eigenvalue weighted by molar-refractivity contribution is -0.131. The number of benzene rings is 1. The molecule has 0 radical (unpaired) electrons. The fourth-order valence-corrected chi connectivity index (χ4v) is 2.21. The third kappa shape index (κ3) is 7.97. The first kappa shape index (κ1) is 20.0. The van der Waals surface area contributed by atoms with Crippen molar-refractivity contribution < 1.29 is 23.8 Å². The minimum atomic E-state index is -0.931. The maximum absolute atomic E-state index is 12.1. The van der Waals surface area contributed by atoms with Crippen LogP contribution < -0.4 is 5.32 Å². The Morgan fingerprint density at radius 3 is 2.38 bits per heavy atom. The summed E-state index contributed by atoms with van der Waals surface area (Å²) < 4.78 is 15.1. The van der Waals surface area contributed by atoms with E-state index in [9.17, 15) is 9.59 Å². The minimum Gasteiger partial charge on any atom is -0.429 e. The number of carbonyl (C=O) groups is 2. The molecule has 1 rings (SSSR count). The zero-order valence-corrected chi connectivity index (χ0v) is 14.8. The highest BCUT2D eigenvalue weighted by molar-refractivity contribution is 5.82. The van der Waals surface area contributed by atoms with E-state index in [2.05, 4.69) is 19.2 Å². The number of hydrogen-bond acceptors (Lipinski definition) is 5. The molecule has 134 valence electrons. The van der Waals surface area contributed by atoms with Gasteiger partial charge in [-0.3, -0.25) is 4.79 Å². The minimum absolute atomic E-state index is 0.105. The van der Waals surface area contributed by atoms with E-state index in [1.54, 1.807) is 7.11 Å². The Morgan fingerprint density at radius 1 is 1.12 bits per heavy atom. The second-order valence-corrected chi connectivity index (χ2v) is 6.07. The third-order valence-electron chi connectivity index (χ3n) is 3.31. The van der Waals surface area contributed by atoms with Crippen molar-refractivity contribution in [3.8, 4) is 0 Å². The lowest BCUT2D eigenvalue weighted by atomic mass is 10.0. The SMILES string of the molecule is COCC(CC(C)C)NC(=O)C(C)OC(=O)OCc1ccccc1. The maximum atomic E-state index is 12.1. The number of nitrogens with one attached hydrogen (secondary N) is 1. The number of rotatable bonds is 9. The molecular weight excluding hydrogens is 310 g/mol. The monoisotopic (exact) mass is 337 g/mol. The first-order chi connectivity index (χ1) is 11.4. The summed E-state index contributed by atoms with van der Waals surface area (Å²) >= 11 is 0. The molecule has 1 aromatic carbocycles. The van der Waals surface area contributed by atoms with Gasteiger partial charge in [-0.25, -0.2) is 4.79 Å². The summed E-state index contributed by atoms with van der Waals surface area (Å²) in [4.78, 5) is 23.8. The van der Waals surface area contributed by atoms with Gasteiger partial charge in [-0.05, 0) is 24.8 Å². The second kappa shape index (κ2) is 10.6. The van der Waals surface area contributed by atoms with E-state index in [-0.39, 0.29) is 18.6 Å². The Morgan fingerprint density at radius 2 is 1.79 bits per heavy atom. The predicted octanol–water partition coefficient (Wildman–Crippen LogP) is 2.91. The topological polar surface area (TPSA) is 73.9 Å². The van der Waals surface area contributed by atoms with Gasteiger partial charge in [-0.1, -0.05) is 44.2 Å². The van der Waals surface area contributed by atoms with Crippen molar-refractivity contribution in [1.82, 2.24) is 5.32 Å². The van der Waals surface area contributed by atoms with Crippen molar-refractivity contribution in [3.05, 3.63) is 35.9 Å². The van der Waals surface area contributed by atoms with Crippen LogP contribution in [-0.2, 0) is 25.6 Å². The normalized spacial score (nSPS) is 13.2. The maximum Gasteiger partial charge on any atom is 0.509 e. The van der Waals surface area contributed by atoms with Crippen molar-refractivity contribution in [3.63, 3.8) is 0 Å². The van der Waals surface area contributed by atoms with E-state index >= 15 is 0 Å². The van der Waals surface area contributed by atoms with Crippen molar-refractivity contribution in [2.45, 2.75) is 45.9 Å². The molecule has 1 N–H and O–H groups in total. The van der Waals surface area contributed by atoms with E-state index in [1.807, 2.05) is 30.3 Å². The van der Waals surface area contributed by atoms with E-state index in [0.29, 0.717) is 12.5 Å². The molecule has 0 bridgehead atoms. The lowest BCUT2D eigenvalue weighted by Crippen LogP contribution is -2.44. The Bertz CT molecular complexity index is 503. The molecule has 0 spiro atoms. The fourth-order valence-electron chi connectivity index (χ4n) is 2.21. The standard InChI is InChI=1S/C18H27NO5/c1-13(2)10-16(12-22-4)19-17(20)14(3)24-18(21)23-11-15-8-6-5-7-9-15/h5-9,13-14,16H,10-12H2,1-4H3,(H,19,20). The Kier molecular flexibility index (Phi) is 8.86. The fraction of sp³-hybridized carbons (Fsp3) is 0.556. The van der Waals surface area contributed by atoms with Gasteiger partial charge in [0.25, 0.3) is 5.91 Å². The van der Waals surface area contributed by atoms with Crippen LogP contribution in [0.1, 0.15) is 32.8 Å². The molecule has 0 aromatic heterocycles. The van der Waals surface area contributed by atoms with Gasteiger partial charge >= 0.3 is 6.16 Å². The molecule has 0 fully saturated rings.